The highest BCUT2D eigenvalue weighted by Gasteiger charge is 2.44. The molecule has 3 N–H and O–H groups in total. The van der Waals surface area contributed by atoms with Gasteiger partial charge in [0.15, 0.2) is 6.29 Å². The zero-order valence-electron chi connectivity index (χ0n) is 9.57. The number of rotatable bonds is 3. The standard InChI is InChI=1S/C8H16O6/c1-12-6-4(3-9)14-8(11)5(10)7(6)13-2/h4-11H,3H2,1-2H3/t4-,5+,6-,7-,8?/m1/s1/i1D,2D. The predicted octanol–water partition coefficient (Wildman–Crippen LogP) is -1.91. The van der Waals surface area contributed by atoms with Crippen LogP contribution in [0.4, 0.5) is 0 Å². The van der Waals surface area contributed by atoms with Crippen molar-refractivity contribution in [1.82, 2.24) is 0 Å². The minimum Gasteiger partial charge on any atom is -0.394 e. The molecular weight excluding hydrogens is 192 g/mol. The second-order valence-corrected chi connectivity index (χ2v) is 3.00. The molecule has 1 heterocycles. The lowest BCUT2D eigenvalue weighted by Crippen LogP contribution is -2.59. The fraction of sp³-hybridized carbons (Fsp3) is 1.00. The molecule has 0 aromatic heterocycles. The van der Waals surface area contributed by atoms with E-state index in [1.54, 1.807) is 0 Å². The van der Waals surface area contributed by atoms with E-state index in [1.165, 1.54) is 0 Å². The monoisotopic (exact) mass is 210 g/mol. The zero-order valence-corrected chi connectivity index (χ0v) is 7.57. The highest BCUT2D eigenvalue weighted by molar-refractivity contribution is 4.90. The van der Waals surface area contributed by atoms with Gasteiger partial charge in [-0.1, -0.05) is 0 Å². The molecule has 1 rings (SSSR count). The van der Waals surface area contributed by atoms with Gasteiger partial charge in [0.05, 0.1) is 9.35 Å². The topological polar surface area (TPSA) is 88.4 Å². The third-order valence-electron chi connectivity index (χ3n) is 2.20. The normalized spacial score (nSPS) is 45.8. The van der Waals surface area contributed by atoms with Gasteiger partial charge >= 0.3 is 0 Å². The lowest BCUT2D eigenvalue weighted by atomic mass is 9.99. The smallest absolute Gasteiger partial charge is 0.184 e. The molecule has 1 unspecified atom stereocenters. The van der Waals surface area contributed by atoms with Crippen molar-refractivity contribution in [2.24, 2.45) is 0 Å². The van der Waals surface area contributed by atoms with Crippen LogP contribution in [0.2, 0.25) is 0 Å². The van der Waals surface area contributed by atoms with Crippen molar-refractivity contribution >= 4 is 0 Å². The molecule has 0 saturated carbocycles. The molecule has 6 nitrogen and oxygen atoms in total. The Morgan fingerprint density at radius 2 is 1.93 bits per heavy atom. The maximum atomic E-state index is 9.57. The fourth-order valence-electron chi connectivity index (χ4n) is 1.45. The molecule has 0 aliphatic carbocycles. The summed E-state index contributed by atoms with van der Waals surface area (Å²) in [7, 11) is -0.824. The van der Waals surface area contributed by atoms with Gasteiger partial charge in [0.2, 0.25) is 0 Å². The first-order valence-corrected chi connectivity index (χ1v) is 4.09. The molecule has 0 amide bonds. The molecule has 84 valence electrons. The Labute approximate surface area is 84.8 Å². The second-order valence-electron chi connectivity index (χ2n) is 3.00. The highest BCUT2D eigenvalue weighted by Crippen LogP contribution is 2.23. The van der Waals surface area contributed by atoms with E-state index in [1.807, 2.05) is 0 Å². The zero-order chi connectivity index (χ0) is 12.1. The molecule has 1 saturated heterocycles. The van der Waals surface area contributed by atoms with Gasteiger partial charge in [-0.2, -0.15) is 0 Å². The molecule has 0 radical (unpaired) electrons. The van der Waals surface area contributed by atoms with E-state index >= 15 is 0 Å². The van der Waals surface area contributed by atoms with Crippen molar-refractivity contribution in [3.63, 3.8) is 0 Å². The summed E-state index contributed by atoms with van der Waals surface area (Å²) < 4.78 is 28.6. The quantitative estimate of drug-likeness (QED) is 0.503. The summed E-state index contributed by atoms with van der Waals surface area (Å²) in [6.07, 6.45) is -5.64. The summed E-state index contributed by atoms with van der Waals surface area (Å²) in [6, 6.07) is 0. The molecule has 1 aliphatic heterocycles. The Morgan fingerprint density at radius 3 is 2.50 bits per heavy atom. The third-order valence-corrected chi connectivity index (χ3v) is 2.20. The summed E-state index contributed by atoms with van der Waals surface area (Å²) in [5.41, 5.74) is 0. The molecule has 1 fully saturated rings. The Bertz CT molecular complexity index is 201. The van der Waals surface area contributed by atoms with Gasteiger partial charge in [0.25, 0.3) is 0 Å². The molecule has 0 bridgehead atoms. The van der Waals surface area contributed by atoms with Crippen LogP contribution in [0.5, 0.6) is 0 Å². The Hall–Kier alpha value is -0.240. The molecule has 14 heavy (non-hydrogen) atoms. The number of methoxy groups -OCH3 is 2. The van der Waals surface area contributed by atoms with Crippen molar-refractivity contribution in [3.8, 4) is 0 Å². The predicted molar refractivity (Wildman–Crippen MR) is 45.6 cm³/mol. The summed E-state index contributed by atoms with van der Waals surface area (Å²) in [5.74, 6) is 0. The number of hydrogen-bond donors (Lipinski definition) is 3. The maximum Gasteiger partial charge on any atom is 0.184 e. The molecule has 0 aromatic carbocycles. The van der Waals surface area contributed by atoms with Crippen LogP contribution in [-0.2, 0) is 14.2 Å². The van der Waals surface area contributed by atoms with Crippen LogP contribution in [0.1, 0.15) is 2.74 Å². The second kappa shape index (κ2) is 5.01. The Morgan fingerprint density at radius 1 is 1.29 bits per heavy atom. The number of ether oxygens (including phenoxy) is 3. The van der Waals surface area contributed by atoms with Crippen LogP contribution in [0.3, 0.4) is 0 Å². The van der Waals surface area contributed by atoms with Crippen molar-refractivity contribution < 1.29 is 32.3 Å². The van der Waals surface area contributed by atoms with E-state index in [0.717, 1.165) is 0 Å². The molecular formula is C8H16O6. The van der Waals surface area contributed by atoms with E-state index in [-0.39, 0.29) is 0 Å². The summed E-state index contributed by atoms with van der Waals surface area (Å²) in [4.78, 5) is 0. The van der Waals surface area contributed by atoms with Crippen molar-refractivity contribution in [2.75, 3.05) is 20.8 Å². The summed E-state index contributed by atoms with van der Waals surface area (Å²) in [5, 5.41) is 27.9. The fourth-order valence-corrected chi connectivity index (χ4v) is 1.45. The summed E-state index contributed by atoms with van der Waals surface area (Å²) in [6.45, 7) is -0.438. The minimum atomic E-state index is -1.50. The number of aliphatic hydroxyl groups excluding tert-OH is 3. The van der Waals surface area contributed by atoms with Gasteiger partial charge in [0.1, 0.15) is 24.4 Å². The third kappa shape index (κ3) is 2.05. The van der Waals surface area contributed by atoms with Crippen molar-refractivity contribution in [3.05, 3.63) is 0 Å². The average molecular weight is 210 g/mol. The van der Waals surface area contributed by atoms with Gasteiger partial charge in [-0.3, -0.25) is 0 Å². The van der Waals surface area contributed by atoms with E-state index in [4.69, 9.17) is 22.1 Å². The first kappa shape index (κ1) is 9.02. The minimum absolute atomic E-state index is 0.398. The molecule has 0 aromatic rings. The van der Waals surface area contributed by atoms with Gasteiger partial charge in [-0.05, 0) is 0 Å². The van der Waals surface area contributed by atoms with Crippen LogP contribution in [0.15, 0.2) is 0 Å². The van der Waals surface area contributed by atoms with Gasteiger partial charge in [0, 0.05) is 14.2 Å². The Balaban J connectivity index is 2.76. The van der Waals surface area contributed by atoms with E-state index < -0.39 is 51.5 Å². The first-order valence-electron chi connectivity index (χ1n) is 5.51. The Kier molecular flexibility index (Phi) is 3.23. The van der Waals surface area contributed by atoms with Crippen LogP contribution < -0.4 is 0 Å². The van der Waals surface area contributed by atoms with Crippen molar-refractivity contribution in [2.45, 2.75) is 30.7 Å². The average Bonchev–Trinajstić information content (AvgIpc) is 2.28. The van der Waals surface area contributed by atoms with Crippen LogP contribution in [-0.4, -0.2) is 66.8 Å². The van der Waals surface area contributed by atoms with Crippen LogP contribution in [0.25, 0.3) is 0 Å². The largest absolute Gasteiger partial charge is 0.394 e. The molecule has 5 atom stereocenters. The van der Waals surface area contributed by atoms with E-state index in [2.05, 4.69) is 0 Å². The van der Waals surface area contributed by atoms with Crippen LogP contribution in [0, 0.1) is 0 Å². The van der Waals surface area contributed by atoms with Gasteiger partial charge in [-0.15, -0.1) is 0 Å². The van der Waals surface area contributed by atoms with Gasteiger partial charge in [-0.25, -0.2) is 0 Å². The number of hydrogen-bond acceptors (Lipinski definition) is 6. The van der Waals surface area contributed by atoms with Crippen LogP contribution >= 0.6 is 0 Å². The molecule has 1 aliphatic rings. The maximum absolute atomic E-state index is 9.57. The summed E-state index contributed by atoms with van der Waals surface area (Å²) >= 11 is 0. The molecule has 0 spiro atoms. The highest BCUT2D eigenvalue weighted by atomic mass is 16.7. The van der Waals surface area contributed by atoms with Gasteiger partial charge < -0.3 is 29.5 Å². The lowest BCUT2D eigenvalue weighted by molar-refractivity contribution is -0.294. The van der Waals surface area contributed by atoms with E-state index in [9.17, 15) is 10.2 Å². The van der Waals surface area contributed by atoms with E-state index in [0.29, 0.717) is 0 Å². The van der Waals surface area contributed by atoms with Crippen molar-refractivity contribution in [1.29, 1.82) is 0 Å². The lowest BCUT2D eigenvalue weighted by Gasteiger charge is -2.40. The first-order chi connectivity index (χ1) is 7.65. The molecule has 6 heteroatoms. The SMILES string of the molecule is [2H]CO[C@H]1[C@H](OC[2H])[C@@H](CO)OC(O)[C@H]1O. The number of aliphatic hydroxyl groups is 3.